The lowest BCUT2D eigenvalue weighted by Crippen LogP contribution is -2.04. The quantitative estimate of drug-likeness (QED) is 0.875. The molecule has 0 atom stereocenters. The molecule has 0 amide bonds. The van der Waals surface area contributed by atoms with Crippen molar-refractivity contribution >= 4 is 17.1 Å². The van der Waals surface area contributed by atoms with E-state index in [9.17, 15) is 4.79 Å². The van der Waals surface area contributed by atoms with Crippen molar-refractivity contribution in [2.45, 2.75) is 13.0 Å². The van der Waals surface area contributed by atoms with Crippen molar-refractivity contribution in [2.24, 2.45) is 5.73 Å². The van der Waals surface area contributed by atoms with E-state index in [0.717, 1.165) is 11.4 Å². The number of ketones is 1. The molecule has 2 aromatic rings. The molecule has 0 unspecified atom stereocenters. The summed E-state index contributed by atoms with van der Waals surface area (Å²) in [6.45, 7) is 1.57. The van der Waals surface area contributed by atoms with Crippen LogP contribution >= 0.6 is 11.3 Å². The van der Waals surface area contributed by atoms with E-state index in [1.807, 2.05) is 0 Å². The molecule has 6 heteroatoms. The third-order valence-electron chi connectivity index (χ3n) is 2.97. The van der Waals surface area contributed by atoms with E-state index in [-0.39, 0.29) is 5.78 Å². The summed E-state index contributed by atoms with van der Waals surface area (Å²) in [6.07, 6.45) is 0.837. The van der Waals surface area contributed by atoms with Crippen LogP contribution in [0, 0.1) is 0 Å². The largest absolute Gasteiger partial charge is 0.490 e. The third-order valence-corrected chi connectivity index (χ3v) is 3.84. The van der Waals surface area contributed by atoms with Gasteiger partial charge in [-0.15, -0.1) is 11.3 Å². The highest BCUT2D eigenvalue weighted by molar-refractivity contribution is 7.09. The fraction of sp³-hybridized carbons (Fsp3) is 0.286. The van der Waals surface area contributed by atoms with Crippen LogP contribution in [0.2, 0.25) is 0 Å². The van der Waals surface area contributed by atoms with Crippen molar-refractivity contribution in [3.63, 3.8) is 0 Å². The van der Waals surface area contributed by atoms with Crippen molar-refractivity contribution in [3.8, 4) is 11.5 Å². The standard InChI is InChI=1S/C14H14N2O3S/c15-7-13-16-10(8-20-13)14(17)9-2-3-11-12(6-9)19-5-1-4-18-11/h2-3,6,8H,1,4-5,7,15H2. The van der Waals surface area contributed by atoms with Gasteiger partial charge in [-0.25, -0.2) is 4.98 Å². The van der Waals surface area contributed by atoms with Crippen LogP contribution in [0.3, 0.4) is 0 Å². The molecule has 0 aliphatic carbocycles. The van der Waals surface area contributed by atoms with Gasteiger partial charge in [0.2, 0.25) is 5.78 Å². The second-order valence-corrected chi connectivity index (χ2v) is 5.31. The molecule has 0 bridgehead atoms. The van der Waals surface area contributed by atoms with Gasteiger partial charge in [0.1, 0.15) is 10.7 Å². The Morgan fingerprint density at radius 2 is 2.10 bits per heavy atom. The Balaban J connectivity index is 1.90. The summed E-state index contributed by atoms with van der Waals surface area (Å²) in [5, 5.41) is 2.48. The minimum Gasteiger partial charge on any atom is -0.490 e. The zero-order chi connectivity index (χ0) is 13.9. The zero-order valence-electron chi connectivity index (χ0n) is 10.8. The first-order valence-corrected chi connectivity index (χ1v) is 7.24. The van der Waals surface area contributed by atoms with Crippen molar-refractivity contribution in [2.75, 3.05) is 13.2 Å². The molecule has 3 rings (SSSR count). The van der Waals surface area contributed by atoms with Crippen LogP contribution in [-0.4, -0.2) is 24.0 Å². The van der Waals surface area contributed by atoms with E-state index >= 15 is 0 Å². The van der Waals surface area contributed by atoms with Gasteiger partial charge in [0.05, 0.1) is 13.2 Å². The van der Waals surface area contributed by atoms with Gasteiger partial charge in [-0.3, -0.25) is 4.79 Å². The summed E-state index contributed by atoms with van der Waals surface area (Å²) in [7, 11) is 0. The Hall–Kier alpha value is -1.92. The fourth-order valence-corrected chi connectivity index (χ4v) is 2.62. The first kappa shape index (κ1) is 13.1. The molecule has 104 valence electrons. The Morgan fingerprint density at radius 1 is 1.30 bits per heavy atom. The number of aromatic nitrogens is 1. The molecule has 2 heterocycles. The van der Waals surface area contributed by atoms with Crippen molar-refractivity contribution < 1.29 is 14.3 Å². The highest BCUT2D eigenvalue weighted by Crippen LogP contribution is 2.31. The Bertz CT molecular complexity index is 639. The van der Waals surface area contributed by atoms with Crippen LogP contribution < -0.4 is 15.2 Å². The van der Waals surface area contributed by atoms with Gasteiger partial charge in [0.15, 0.2) is 11.5 Å². The molecule has 0 saturated carbocycles. The van der Waals surface area contributed by atoms with Crippen LogP contribution in [0.4, 0.5) is 0 Å². The van der Waals surface area contributed by atoms with E-state index in [2.05, 4.69) is 4.98 Å². The van der Waals surface area contributed by atoms with E-state index in [0.29, 0.717) is 42.5 Å². The summed E-state index contributed by atoms with van der Waals surface area (Å²) < 4.78 is 11.1. The third kappa shape index (κ3) is 2.52. The molecule has 2 N–H and O–H groups in total. The summed E-state index contributed by atoms with van der Waals surface area (Å²) in [5.74, 6) is 1.17. The van der Waals surface area contributed by atoms with Gasteiger partial charge in [-0.2, -0.15) is 0 Å². The fourth-order valence-electron chi connectivity index (χ4n) is 1.96. The van der Waals surface area contributed by atoms with Gasteiger partial charge >= 0.3 is 0 Å². The number of thiazole rings is 1. The molecule has 5 nitrogen and oxygen atoms in total. The average Bonchev–Trinajstić information content (AvgIpc) is 2.84. The smallest absolute Gasteiger partial charge is 0.212 e. The highest BCUT2D eigenvalue weighted by Gasteiger charge is 2.17. The van der Waals surface area contributed by atoms with E-state index < -0.39 is 0 Å². The number of carbonyl (C=O) groups is 1. The first-order valence-electron chi connectivity index (χ1n) is 6.37. The van der Waals surface area contributed by atoms with Crippen molar-refractivity contribution in [1.82, 2.24) is 4.98 Å². The van der Waals surface area contributed by atoms with E-state index in [1.165, 1.54) is 11.3 Å². The number of fused-ring (bicyclic) bond motifs is 1. The Morgan fingerprint density at radius 3 is 2.85 bits per heavy atom. The Labute approximate surface area is 120 Å². The van der Waals surface area contributed by atoms with Crippen LogP contribution in [0.25, 0.3) is 0 Å². The predicted octanol–water partition coefficient (Wildman–Crippen LogP) is 1.99. The van der Waals surface area contributed by atoms with Gasteiger partial charge < -0.3 is 15.2 Å². The van der Waals surface area contributed by atoms with Crippen LogP contribution in [0.15, 0.2) is 23.6 Å². The number of benzene rings is 1. The number of nitrogens with zero attached hydrogens (tertiary/aromatic N) is 1. The zero-order valence-corrected chi connectivity index (χ0v) is 11.6. The van der Waals surface area contributed by atoms with Crippen LogP contribution in [0.5, 0.6) is 11.5 Å². The Kier molecular flexibility index (Phi) is 3.66. The number of nitrogens with two attached hydrogens (primary N) is 1. The molecule has 1 aromatic carbocycles. The summed E-state index contributed by atoms with van der Waals surface area (Å²) in [5.41, 5.74) is 6.48. The number of hydrogen-bond donors (Lipinski definition) is 1. The van der Waals surface area contributed by atoms with Gasteiger partial charge in [-0.1, -0.05) is 0 Å². The molecular weight excluding hydrogens is 276 g/mol. The normalized spacial score (nSPS) is 13.8. The maximum absolute atomic E-state index is 12.4. The summed E-state index contributed by atoms with van der Waals surface area (Å²) in [6, 6.07) is 5.21. The van der Waals surface area contributed by atoms with Gasteiger partial charge in [0, 0.05) is 23.9 Å². The summed E-state index contributed by atoms with van der Waals surface area (Å²) in [4.78, 5) is 16.6. The first-order chi connectivity index (χ1) is 9.78. The lowest BCUT2D eigenvalue weighted by molar-refractivity contribution is 0.103. The second kappa shape index (κ2) is 5.60. The lowest BCUT2D eigenvalue weighted by Gasteiger charge is -2.08. The van der Waals surface area contributed by atoms with E-state index in [4.69, 9.17) is 15.2 Å². The minimum atomic E-state index is -0.128. The predicted molar refractivity (Wildman–Crippen MR) is 75.5 cm³/mol. The molecule has 1 aliphatic rings. The van der Waals surface area contributed by atoms with Gasteiger partial charge in [-0.05, 0) is 18.2 Å². The van der Waals surface area contributed by atoms with E-state index in [1.54, 1.807) is 23.6 Å². The number of hydrogen-bond acceptors (Lipinski definition) is 6. The molecular formula is C14H14N2O3S. The lowest BCUT2D eigenvalue weighted by atomic mass is 10.1. The molecule has 0 spiro atoms. The molecule has 20 heavy (non-hydrogen) atoms. The maximum atomic E-state index is 12.4. The topological polar surface area (TPSA) is 74.4 Å². The molecule has 0 fully saturated rings. The molecule has 1 aromatic heterocycles. The maximum Gasteiger partial charge on any atom is 0.212 e. The number of carbonyl (C=O) groups excluding carboxylic acids is 1. The molecule has 1 aliphatic heterocycles. The van der Waals surface area contributed by atoms with Crippen LogP contribution in [0.1, 0.15) is 27.5 Å². The number of ether oxygens (including phenoxy) is 2. The SMILES string of the molecule is NCc1nc(C(=O)c2ccc3c(c2)OCCCO3)cs1. The number of rotatable bonds is 3. The average molecular weight is 290 g/mol. The monoisotopic (exact) mass is 290 g/mol. The second-order valence-electron chi connectivity index (χ2n) is 4.37. The van der Waals surface area contributed by atoms with Crippen molar-refractivity contribution in [1.29, 1.82) is 0 Å². The van der Waals surface area contributed by atoms with Crippen molar-refractivity contribution in [3.05, 3.63) is 39.8 Å². The molecule has 0 radical (unpaired) electrons. The van der Waals surface area contributed by atoms with Crippen LogP contribution in [-0.2, 0) is 6.54 Å². The highest BCUT2D eigenvalue weighted by atomic mass is 32.1. The van der Waals surface area contributed by atoms with Gasteiger partial charge in [0.25, 0.3) is 0 Å². The summed E-state index contributed by atoms with van der Waals surface area (Å²) >= 11 is 1.39. The molecule has 0 saturated heterocycles. The minimum absolute atomic E-state index is 0.128.